The van der Waals surface area contributed by atoms with Gasteiger partial charge in [0, 0.05) is 44.2 Å². The van der Waals surface area contributed by atoms with Gasteiger partial charge in [0.1, 0.15) is 11.5 Å². The van der Waals surface area contributed by atoms with Gasteiger partial charge in [0.05, 0.1) is 20.1 Å². The molecule has 2 atom stereocenters. The molecule has 3 rings (SSSR count). The van der Waals surface area contributed by atoms with Crippen LogP contribution in [0.2, 0.25) is 0 Å². The van der Waals surface area contributed by atoms with E-state index in [4.69, 9.17) is 9.47 Å². The van der Waals surface area contributed by atoms with Crippen molar-refractivity contribution >= 4 is 11.9 Å². The van der Waals surface area contributed by atoms with Crippen molar-refractivity contribution in [3.63, 3.8) is 0 Å². The van der Waals surface area contributed by atoms with Crippen LogP contribution in [0.15, 0.2) is 18.2 Å². The van der Waals surface area contributed by atoms with Crippen LogP contribution in [-0.2, 0) is 4.79 Å². The fraction of sp³-hybridized carbons (Fsp3) is 0.600. The Hall–Kier alpha value is -2.44. The lowest BCUT2D eigenvalue weighted by atomic mass is 9.87. The third-order valence-electron chi connectivity index (χ3n) is 5.51. The number of urea groups is 1. The number of hydrogen-bond acceptors (Lipinski definition) is 4. The maximum Gasteiger partial charge on any atom is 0.317 e. The number of carbonyl (C=O) groups is 2. The molecule has 2 fully saturated rings. The molecule has 0 saturated carbocycles. The third-order valence-corrected chi connectivity index (χ3v) is 5.51. The van der Waals surface area contributed by atoms with Crippen LogP contribution in [0.25, 0.3) is 0 Å². The zero-order valence-corrected chi connectivity index (χ0v) is 16.4. The highest BCUT2D eigenvalue weighted by molar-refractivity contribution is 5.83. The van der Waals surface area contributed by atoms with E-state index in [-0.39, 0.29) is 23.8 Å². The van der Waals surface area contributed by atoms with Crippen LogP contribution >= 0.6 is 0 Å². The van der Waals surface area contributed by atoms with Gasteiger partial charge in [-0.25, -0.2) is 4.79 Å². The molecule has 7 heteroatoms. The summed E-state index contributed by atoms with van der Waals surface area (Å²) in [5, 5.41) is 2.85. The Balaban J connectivity index is 1.93. The fourth-order valence-electron chi connectivity index (χ4n) is 4.10. The molecular weight excluding hydrogens is 346 g/mol. The zero-order valence-electron chi connectivity index (χ0n) is 16.4. The van der Waals surface area contributed by atoms with E-state index >= 15 is 0 Å². The van der Waals surface area contributed by atoms with Crippen molar-refractivity contribution in [3.8, 4) is 11.5 Å². The predicted molar refractivity (Wildman–Crippen MR) is 102 cm³/mol. The number of ether oxygens (including phenoxy) is 2. The minimum atomic E-state index is -0.272. The normalized spacial score (nSPS) is 22.0. The number of carbonyl (C=O) groups excluding carboxylic acids is 2. The van der Waals surface area contributed by atoms with Gasteiger partial charge in [-0.3, -0.25) is 4.79 Å². The van der Waals surface area contributed by atoms with Crippen LogP contribution in [0, 0.1) is 5.92 Å². The fourth-order valence-corrected chi connectivity index (χ4v) is 4.10. The second-order valence-electron chi connectivity index (χ2n) is 7.09. The van der Waals surface area contributed by atoms with Gasteiger partial charge in [0.25, 0.3) is 0 Å². The lowest BCUT2D eigenvalue weighted by Gasteiger charge is -2.25. The Morgan fingerprint density at radius 1 is 1.11 bits per heavy atom. The molecule has 2 aliphatic rings. The van der Waals surface area contributed by atoms with Gasteiger partial charge in [-0.15, -0.1) is 0 Å². The number of methoxy groups -OCH3 is 2. The number of likely N-dealkylation sites (tertiary alicyclic amines) is 2. The zero-order chi connectivity index (χ0) is 19.4. The largest absolute Gasteiger partial charge is 0.497 e. The van der Waals surface area contributed by atoms with Crippen molar-refractivity contribution in [3.05, 3.63) is 23.8 Å². The highest BCUT2D eigenvalue weighted by Crippen LogP contribution is 2.40. The van der Waals surface area contributed by atoms with Crippen molar-refractivity contribution in [2.24, 2.45) is 5.92 Å². The molecule has 2 aliphatic heterocycles. The first-order valence-corrected chi connectivity index (χ1v) is 9.62. The molecule has 2 unspecified atom stereocenters. The Bertz CT molecular complexity index is 688. The maximum absolute atomic E-state index is 13.2. The molecule has 1 aromatic rings. The Labute approximate surface area is 160 Å². The highest BCUT2D eigenvalue weighted by atomic mass is 16.5. The monoisotopic (exact) mass is 375 g/mol. The van der Waals surface area contributed by atoms with E-state index < -0.39 is 0 Å². The van der Waals surface area contributed by atoms with E-state index in [2.05, 4.69) is 5.32 Å². The summed E-state index contributed by atoms with van der Waals surface area (Å²) in [7, 11) is 3.24. The lowest BCUT2D eigenvalue weighted by molar-refractivity contribution is -0.134. The van der Waals surface area contributed by atoms with E-state index in [0.29, 0.717) is 19.6 Å². The van der Waals surface area contributed by atoms with E-state index in [0.717, 1.165) is 43.0 Å². The molecule has 0 radical (unpaired) electrons. The summed E-state index contributed by atoms with van der Waals surface area (Å²) in [6.07, 6.45) is 2.09. The number of hydrogen-bond donors (Lipinski definition) is 1. The Kier molecular flexibility index (Phi) is 6.08. The first-order valence-electron chi connectivity index (χ1n) is 9.62. The molecule has 1 N–H and O–H groups in total. The van der Waals surface area contributed by atoms with Crippen LogP contribution in [0.4, 0.5) is 4.79 Å². The number of benzene rings is 1. The number of amides is 3. The Morgan fingerprint density at radius 2 is 1.85 bits per heavy atom. The molecule has 2 heterocycles. The van der Waals surface area contributed by atoms with Gasteiger partial charge >= 0.3 is 6.03 Å². The summed E-state index contributed by atoms with van der Waals surface area (Å²) < 4.78 is 10.9. The summed E-state index contributed by atoms with van der Waals surface area (Å²) in [5.41, 5.74) is 0.918. The molecule has 2 saturated heterocycles. The topological polar surface area (TPSA) is 71.1 Å². The number of rotatable bonds is 5. The first kappa shape index (κ1) is 19.3. The van der Waals surface area contributed by atoms with E-state index in [1.165, 1.54) is 0 Å². The van der Waals surface area contributed by atoms with Crippen molar-refractivity contribution in [2.75, 3.05) is 46.9 Å². The van der Waals surface area contributed by atoms with Gasteiger partial charge in [0.15, 0.2) is 0 Å². The Morgan fingerprint density at radius 3 is 2.48 bits per heavy atom. The molecule has 3 amide bonds. The van der Waals surface area contributed by atoms with Gasteiger partial charge < -0.3 is 24.6 Å². The molecule has 7 nitrogen and oxygen atoms in total. The number of nitrogens with zero attached hydrogens (tertiary/aromatic N) is 2. The van der Waals surface area contributed by atoms with E-state index in [1.54, 1.807) is 19.1 Å². The molecule has 0 aromatic heterocycles. The van der Waals surface area contributed by atoms with Gasteiger partial charge in [-0.2, -0.15) is 0 Å². The second-order valence-corrected chi connectivity index (χ2v) is 7.09. The van der Waals surface area contributed by atoms with Crippen molar-refractivity contribution in [1.82, 2.24) is 15.1 Å². The molecule has 0 aliphatic carbocycles. The first-order chi connectivity index (χ1) is 13.1. The third kappa shape index (κ3) is 3.96. The van der Waals surface area contributed by atoms with E-state index in [1.807, 2.05) is 30.0 Å². The quantitative estimate of drug-likeness (QED) is 0.855. The minimum Gasteiger partial charge on any atom is -0.497 e. The molecule has 0 spiro atoms. The average molecular weight is 375 g/mol. The van der Waals surface area contributed by atoms with Crippen LogP contribution in [0.3, 0.4) is 0 Å². The van der Waals surface area contributed by atoms with Gasteiger partial charge in [-0.1, -0.05) is 0 Å². The summed E-state index contributed by atoms with van der Waals surface area (Å²) in [6, 6.07) is 5.51. The van der Waals surface area contributed by atoms with Crippen LogP contribution in [0.5, 0.6) is 11.5 Å². The summed E-state index contributed by atoms with van der Waals surface area (Å²) in [4.78, 5) is 29.3. The highest BCUT2D eigenvalue weighted by Gasteiger charge is 2.43. The number of nitrogens with one attached hydrogen (secondary N) is 1. The van der Waals surface area contributed by atoms with Gasteiger partial charge in [-0.05, 0) is 38.0 Å². The molecule has 148 valence electrons. The smallest absolute Gasteiger partial charge is 0.317 e. The average Bonchev–Trinajstić information content (AvgIpc) is 3.37. The summed E-state index contributed by atoms with van der Waals surface area (Å²) in [6.45, 7) is 4.97. The van der Waals surface area contributed by atoms with Crippen molar-refractivity contribution in [2.45, 2.75) is 25.7 Å². The summed E-state index contributed by atoms with van der Waals surface area (Å²) in [5.74, 6) is 1.18. The molecular formula is C20H29N3O4. The SMILES string of the molecule is CCNC(=O)N1CC(C(=O)N2CCCC2)C(c2cc(OC)ccc2OC)C1. The lowest BCUT2D eigenvalue weighted by Crippen LogP contribution is -2.40. The standard InChI is InChI=1S/C20H29N3O4/c1-4-21-20(25)23-12-16(15-11-14(26-2)7-8-18(15)27-3)17(13-23)19(24)22-9-5-6-10-22/h7-8,11,16-17H,4-6,9-10,12-13H2,1-3H3,(H,21,25). The van der Waals surface area contributed by atoms with Gasteiger partial charge in [0.2, 0.25) is 5.91 Å². The minimum absolute atomic E-state index is 0.120. The predicted octanol–water partition coefficient (Wildman–Crippen LogP) is 2.07. The summed E-state index contributed by atoms with van der Waals surface area (Å²) >= 11 is 0. The molecule has 27 heavy (non-hydrogen) atoms. The molecule has 1 aromatic carbocycles. The second kappa shape index (κ2) is 8.50. The van der Waals surface area contributed by atoms with Crippen molar-refractivity contribution < 1.29 is 19.1 Å². The molecule has 0 bridgehead atoms. The van der Waals surface area contributed by atoms with Crippen LogP contribution in [0.1, 0.15) is 31.2 Å². The van der Waals surface area contributed by atoms with Crippen molar-refractivity contribution in [1.29, 1.82) is 0 Å². The van der Waals surface area contributed by atoms with E-state index in [9.17, 15) is 9.59 Å². The maximum atomic E-state index is 13.2. The van der Waals surface area contributed by atoms with Crippen LogP contribution in [-0.4, -0.2) is 68.7 Å². The van der Waals surface area contributed by atoms with Crippen LogP contribution < -0.4 is 14.8 Å².